The first kappa shape index (κ1) is 18.2. The largest absolute Gasteiger partial charge is 0.298 e. The van der Waals surface area contributed by atoms with E-state index in [2.05, 4.69) is 28.7 Å². The van der Waals surface area contributed by atoms with E-state index in [-0.39, 0.29) is 11.5 Å². The van der Waals surface area contributed by atoms with Crippen molar-refractivity contribution in [3.05, 3.63) is 52.2 Å². The summed E-state index contributed by atoms with van der Waals surface area (Å²) in [6.45, 7) is 5.28. The summed E-state index contributed by atoms with van der Waals surface area (Å²) in [6.07, 6.45) is 4.26. The van der Waals surface area contributed by atoms with Gasteiger partial charge in [0.2, 0.25) is 10.0 Å². The van der Waals surface area contributed by atoms with Crippen LogP contribution in [-0.4, -0.2) is 32.4 Å². The van der Waals surface area contributed by atoms with E-state index in [1.165, 1.54) is 9.75 Å². The molecule has 2 aliphatic rings. The molecule has 1 aliphatic carbocycles. The normalized spacial score (nSPS) is 23.0. The van der Waals surface area contributed by atoms with Crippen molar-refractivity contribution >= 4 is 21.4 Å². The number of benzene rings is 1. The van der Waals surface area contributed by atoms with Crippen LogP contribution in [0.15, 0.2) is 47.4 Å². The van der Waals surface area contributed by atoms with Crippen LogP contribution in [0.1, 0.15) is 35.4 Å². The van der Waals surface area contributed by atoms with Crippen molar-refractivity contribution < 1.29 is 8.42 Å². The summed E-state index contributed by atoms with van der Waals surface area (Å²) in [5, 5.41) is 0. The lowest BCUT2D eigenvalue weighted by atomic mass is 9.60. The number of aryl methyl sites for hydroxylation is 1. The van der Waals surface area contributed by atoms with Crippen LogP contribution < -0.4 is 4.72 Å². The van der Waals surface area contributed by atoms with Gasteiger partial charge in [-0.3, -0.25) is 4.90 Å². The lowest BCUT2D eigenvalue weighted by Gasteiger charge is -2.54. The van der Waals surface area contributed by atoms with Crippen molar-refractivity contribution in [3.63, 3.8) is 0 Å². The highest BCUT2D eigenvalue weighted by atomic mass is 32.2. The maximum absolute atomic E-state index is 12.6. The molecule has 140 valence electrons. The van der Waals surface area contributed by atoms with E-state index in [9.17, 15) is 8.42 Å². The summed E-state index contributed by atoms with van der Waals surface area (Å²) in [7, 11) is -3.42. The first-order valence-electron chi connectivity index (χ1n) is 9.32. The lowest BCUT2D eigenvalue weighted by molar-refractivity contribution is 0.000973. The molecule has 1 atom stereocenters. The van der Waals surface area contributed by atoms with Crippen molar-refractivity contribution in [2.24, 2.45) is 5.41 Å². The number of rotatable bonds is 5. The van der Waals surface area contributed by atoms with Gasteiger partial charge in [0.1, 0.15) is 0 Å². The van der Waals surface area contributed by atoms with E-state index in [0.29, 0.717) is 4.90 Å². The SMILES string of the molecule is Cc1ccc(CN2CCC3(CC[C@@H]3NS(=O)(=O)c3ccccc3)CC2)s1. The molecule has 26 heavy (non-hydrogen) atoms. The molecule has 0 unspecified atom stereocenters. The number of sulfonamides is 1. The van der Waals surface area contributed by atoms with Crippen molar-refractivity contribution in [2.45, 2.75) is 50.1 Å². The van der Waals surface area contributed by atoms with Crippen LogP contribution in [0.25, 0.3) is 0 Å². The van der Waals surface area contributed by atoms with E-state index in [1.807, 2.05) is 17.4 Å². The van der Waals surface area contributed by atoms with Gasteiger partial charge in [0, 0.05) is 22.3 Å². The molecule has 6 heteroatoms. The molecular weight excluding hydrogens is 364 g/mol. The number of nitrogens with zero attached hydrogens (tertiary/aromatic N) is 1. The molecule has 4 nitrogen and oxygen atoms in total. The fourth-order valence-corrected chi connectivity index (χ4v) is 6.61. The van der Waals surface area contributed by atoms with Gasteiger partial charge in [0.25, 0.3) is 0 Å². The molecule has 0 bridgehead atoms. The minimum absolute atomic E-state index is 0.0823. The zero-order chi connectivity index (χ0) is 18.2. The maximum atomic E-state index is 12.6. The maximum Gasteiger partial charge on any atom is 0.240 e. The summed E-state index contributed by atoms with van der Waals surface area (Å²) in [5.74, 6) is 0. The van der Waals surface area contributed by atoms with Gasteiger partial charge in [-0.2, -0.15) is 0 Å². The quantitative estimate of drug-likeness (QED) is 0.845. The fraction of sp³-hybridized carbons (Fsp3) is 0.500. The number of hydrogen-bond acceptors (Lipinski definition) is 4. The molecule has 1 N–H and O–H groups in total. The monoisotopic (exact) mass is 390 g/mol. The third-order valence-electron chi connectivity index (χ3n) is 6.05. The minimum atomic E-state index is -3.42. The Morgan fingerprint density at radius 2 is 1.85 bits per heavy atom. The second kappa shape index (κ2) is 7.08. The van der Waals surface area contributed by atoms with Gasteiger partial charge < -0.3 is 0 Å². The number of nitrogens with one attached hydrogen (secondary N) is 1. The number of piperidine rings is 1. The average Bonchev–Trinajstić information content (AvgIpc) is 3.05. The standard InChI is InChI=1S/C20H26N2O2S2/c1-16-7-8-17(25-16)15-22-13-11-20(12-14-22)10-9-19(20)21-26(23,24)18-5-3-2-4-6-18/h2-8,19,21H,9-15H2,1H3/t19-/m0/s1. The highest BCUT2D eigenvalue weighted by Crippen LogP contribution is 2.49. The van der Waals surface area contributed by atoms with Crippen molar-refractivity contribution in [3.8, 4) is 0 Å². The zero-order valence-corrected chi connectivity index (χ0v) is 16.8. The third kappa shape index (κ3) is 3.60. The molecule has 2 heterocycles. The molecule has 2 aromatic rings. The molecule has 1 spiro atoms. The Balaban J connectivity index is 1.37. The molecule has 1 saturated carbocycles. The minimum Gasteiger partial charge on any atom is -0.298 e. The van der Waals surface area contributed by atoms with E-state index in [0.717, 1.165) is 45.3 Å². The fourth-order valence-electron chi connectivity index (χ4n) is 4.28. The predicted octanol–water partition coefficient (Wildman–Crippen LogP) is 3.78. The first-order chi connectivity index (χ1) is 12.5. The van der Waals surface area contributed by atoms with Crippen LogP contribution in [-0.2, 0) is 16.6 Å². The van der Waals surface area contributed by atoms with Crippen molar-refractivity contribution in [2.75, 3.05) is 13.1 Å². The van der Waals surface area contributed by atoms with Crippen LogP contribution in [0.2, 0.25) is 0 Å². The predicted molar refractivity (Wildman–Crippen MR) is 106 cm³/mol. The van der Waals surface area contributed by atoms with Gasteiger partial charge in [-0.25, -0.2) is 13.1 Å². The van der Waals surface area contributed by atoms with E-state index < -0.39 is 10.0 Å². The van der Waals surface area contributed by atoms with Gasteiger partial charge in [0.15, 0.2) is 0 Å². The zero-order valence-electron chi connectivity index (χ0n) is 15.1. The Morgan fingerprint density at radius 3 is 2.42 bits per heavy atom. The van der Waals surface area contributed by atoms with Crippen LogP contribution in [0.3, 0.4) is 0 Å². The molecule has 2 fully saturated rings. The Morgan fingerprint density at radius 1 is 1.12 bits per heavy atom. The highest BCUT2D eigenvalue weighted by Gasteiger charge is 2.49. The summed E-state index contributed by atoms with van der Waals surface area (Å²) in [4.78, 5) is 5.67. The van der Waals surface area contributed by atoms with Gasteiger partial charge in [-0.05, 0) is 75.4 Å². The lowest BCUT2D eigenvalue weighted by Crippen LogP contribution is -2.58. The summed E-state index contributed by atoms with van der Waals surface area (Å²) in [5.41, 5.74) is 0.156. The van der Waals surface area contributed by atoms with Crippen molar-refractivity contribution in [1.29, 1.82) is 0 Å². The Bertz CT molecular complexity index is 853. The van der Waals surface area contributed by atoms with Crippen molar-refractivity contribution in [1.82, 2.24) is 9.62 Å². The van der Waals surface area contributed by atoms with Gasteiger partial charge in [-0.15, -0.1) is 11.3 Å². The second-order valence-corrected chi connectivity index (χ2v) is 10.8. The molecule has 1 aromatic heterocycles. The molecule has 4 rings (SSSR count). The second-order valence-electron chi connectivity index (χ2n) is 7.68. The van der Waals surface area contributed by atoms with E-state index >= 15 is 0 Å². The van der Waals surface area contributed by atoms with Crippen LogP contribution >= 0.6 is 11.3 Å². The molecule has 1 aromatic carbocycles. The first-order valence-corrected chi connectivity index (χ1v) is 11.6. The number of hydrogen-bond donors (Lipinski definition) is 1. The molecule has 1 saturated heterocycles. The van der Waals surface area contributed by atoms with E-state index in [1.54, 1.807) is 24.3 Å². The Kier molecular flexibility index (Phi) is 4.94. The summed E-state index contributed by atoms with van der Waals surface area (Å²) in [6, 6.07) is 13.2. The van der Waals surface area contributed by atoms with E-state index in [4.69, 9.17) is 0 Å². The molecular formula is C20H26N2O2S2. The average molecular weight is 391 g/mol. The number of thiophene rings is 1. The Hall–Kier alpha value is -1.21. The molecule has 0 amide bonds. The number of likely N-dealkylation sites (tertiary alicyclic amines) is 1. The van der Waals surface area contributed by atoms with Gasteiger partial charge in [0.05, 0.1) is 4.90 Å². The smallest absolute Gasteiger partial charge is 0.240 e. The van der Waals surface area contributed by atoms with Gasteiger partial charge in [-0.1, -0.05) is 18.2 Å². The van der Waals surface area contributed by atoms with Crippen LogP contribution in [0.4, 0.5) is 0 Å². The molecule has 1 aliphatic heterocycles. The summed E-state index contributed by atoms with van der Waals surface area (Å²) >= 11 is 1.87. The highest BCUT2D eigenvalue weighted by molar-refractivity contribution is 7.89. The molecule has 0 radical (unpaired) electrons. The van der Waals surface area contributed by atoms with Gasteiger partial charge >= 0.3 is 0 Å². The topological polar surface area (TPSA) is 49.4 Å². The van der Waals surface area contributed by atoms with Crippen LogP contribution in [0.5, 0.6) is 0 Å². The van der Waals surface area contributed by atoms with Crippen LogP contribution in [0, 0.1) is 12.3 Å². The third-order valence-corrected chi connectivity index (χ3v) is 8.52. The Labute approximate surface area is 160 Å². The summed E-state index contributed by atoms with van der Waals surface area (Å²) < 4.78 is 28.3.